The highest BCUT2D eigenvalue weighted by atomic mass is 32.1. The summed E-state index contributed by atoms with van der Waals surface area (Å²) in [4.78, 5) is 25.5. The number of nitrogens with one attached hydrogen (secondary N) is 1. The molecule has 0 aliphatic rings. The molecule has 3 nitrogen and oxygen atoms in total. The smallest absolute Gasteiger partial charge is 0.258 e. The highest BCUT2D eigenvalue weighted by Crippen LogP contribution is 2.27. The van der Waals surface area contributed by atoms with Crippen LogP contribution in [0.1, 0.15) is 20.7 Å². The normalized spacial score (nSPS) is 10.2. The summed E-state index contributed by atoms with van der Waals surface area (Å²) in [5, 5.41) is 4.40. The molecule has 0 aliphatic carbocycles. The minimum absolute atomic E-state index is 0.391. The van der Waals surface area contributed by atoms with Crippen molar-refractivity contribution in [1.29, 1.82) is 0 Å². The molecule has 22 heavy (non-hydrogen) atoms. The first kappa shape index (κ1) is 14.2. The van der Waals surface area contributed by atoms with Crippen molar-refractivity contribution in [3.63, 3.8) is 0 Å². The third kappa shape index (κ3) is 2.97. The van der Waals surface area contributed by atoms with Gasteiger partial charge in [0, 0.05) is 21.6 Å². The van der Waals surface area contributed by atoms with E-state index >= 15 is 0 Å². The van der Waals surface area contributed by atoms with Crippen molar-refractivity contribution in [2.75, 3.05) is 0 Å². The predicted octanol–water partition coefficient (Wildman–Crippen LogP) is 3.99. The van der Waals surface area contributed by atoms with Gasteiger partial charge in [-0.05, 0) is 29.6 Å². The van der Waals surface area contributed by atoms with E-state index in [1.54, 1.807) is 47.7 Å². The molecule has 0 saturated heterocycles. The Balaban J connectivity index is 1.86. The van der Waals surface area contributed by atoms with Crippen LogP contribution in [0.5, 0.6) is 0 Å². The van der Waals surface area contributed by atoms with E-state index in [4.69, 9.17) is 0 Å². The number of carbonyl (C=O) groups is 2. The third-order valence-corrected chi connectivity index (χ3v) is 4.12. The summed E-state index contributed by atoms with van der Waals surface area (Å²) in [6, 6.07) is 19.9. The minimum atomic E-state index is -0.397. The molecule has 2 amide bonds. The van der Waals surface area contributed by atoms with E-state index in [1.807, 2.05) is 35.7 Å². The second-order valence-electron chi connectivity index (χ2n) is 4.67. The Morgan fingerprint density at radius 2 is 1.50 bits per heavy atom. The van der Waals surface area contributed by atoms with Crippen LogP contribution in [-0.4, -0.2) is 11.8 Å². The van der Waals surface area contributed by atoms with Gasteiger partial charge in [0.15, 0.2) is 0 Å². The number of benzene rings is 2. The molecule has 4 heteroatoms. The minimum Gasteiger partial charge on any atom is -0.288 e. The van der Waals surface area contributed by atoms with Crippen LogP contribution in [0.25, 0.3) is 10.4 Å². The van der Waals surface area contributed by atoms with Gasteiger partial charge in [0.05, 0.1) is 0 Å². The van der Waals surface area contributed by atoms with Crippen molar-refractivity contribution in [2.45, 2.75) is 0 Å². The second kappa shape index (κ2) is 6.37. The molecule has 1 N–H and O–H groups in total. The van der Waals surface area contributed by atoms with E-state index in [-0.39, 0.29) is 0 Å². The Labute approximate surface area is 132 Å². The van der Waals surface area contributed by atoms with Crippen LogP contribution in [-0.2, 0) is 0 Å². The number of imide groups is 1. The van der Waals surface area contributed by atoms with E-state index in [1.165, 1.54) is 0 Å². The molecule has 2 aromatic carbocycles. The Bertz CT molecular complexity index is 795. The fourth-order valence-corrected chi connectivity index (χ4v) is 2.93. The number of hydrogen-bond donors (Lipinski definition) is 1. The van der Waals surface area contributed by atoms with Crippen LogP contribution in [0.2, 0.25) is 0 Å². The van der Waals surface area contributed by atoms with E-state index in [9.17, 15) is 9.59 Å². The van der Waals surface area contributed by atoms with Crippen molar-refractivity contribution >= 4 is 23.2 Å². The molecule has 0 saturated carbocycles. The Hall–Kier alpha value is -2.72. The summed E-state index contributed by atoms with van der Waals surface area (Å²) in [6.45, 7) is 0. The van der Waals surface area contributed by atoms with Gasteiger partial charge in [-0.25, -0.2) is 0 Å². The molecule has 0 aliphatic heterocycles. The summed E-state index contributed by atoms with van der Waals surface area (Å²) in [7, 11) is 0. The fraction of sp³-hybridized carbons (Fsp3) is 0. The standard InChI is InChI=1S/C18H13NO2S/c20-17(13-7-2-1-3-8-13)19-18(21)15-10-5-4-9-14(15)16-11-6-12-22-16/h1-12H,(H,19,20,21). The first-order valence-electron chi connectivity index (χ1n) is 6.79. The molecular weight excluding hydrogens is 294 g/mol. The largest absolute Gasteiger partial charge is 0.288 e. The maximum atomic E-state index is 12.4. The molecule has 1 aromatic heterocycles. The van der Waals surface area contributed by atoms with Gasteiger partial charge in [0.25, 0.3) is 11.8 Å². The van der Waals surface area contributed by atoms with Crippen LogP contribution >= 0.6 is 11.3 Å². The number of carbonyl (C=O) groups excluding carboxylic acids is 2. The SMILES string of the molecule is O=C(NC(=O)c1ccccc1-c1cccs1)c1ccccc1. The monoisotopic (exact) mass is 307 g/mol. The summed E-state index contributed by atoms with van der Waals surface area (Å²) >= 11 is 1.56. The molecular formula is C18H13NO2S. The quantitative estimate of drug-likeness (QED) is 0.744. The highest BCUT2D eigenvalue weighted by Gasteiger charge is 2.16. The topological polar surface area (TPSA) is 46.2 Å². The molecule has 0 spiro atoms. The highest BCUT2D eigenvalue weighted by molar-refractivity contribution is 7.13. The zero-order valence-electron chi connectivity index (χ0n) is 11.7. The molecule has 0 fully saturated rings. The van der Waals surface area contributed by atoms with Gasteiger partial charge in [-0.15, -0.1) is 11.3 Å². The third-order valence-electron chi connectivity index (χ3n) is 3.22. The number of rotatable bonds is 3. The Morgan fingerprint density at radius 3 is 2.23 bits per heavy atom. The Morgan fingerprint density at radius 1 is 0.773 bits per heavy atom. The number of thiophene rings is 1. The van der Waals surface area contributed by atoms with E-state index in [2.05, 4.69) is 5.32 Å². The van der Waals surface area contributed by atoms with E-state index in [0.29, 0.717) is 11.1 Å². The van der Waals surface area contributed by atoms with Crippen LogP contribution in [0.4, 0.5) is 0 Å². The summed E-state index contributed by atoms with van der Waals surface area (Å²) in [5.41, 5.74) is 1.79. The van der Waals surface area contributed by atoms with Gasteiger partial charge in [0.2, 0.25) is 0 Å². The molecule has 0 radical (unpaired) electrons. The van der Waals surface area contributed by atoms with Crippen LogP contribution in [0.15, 0.2) is 72.1 Å². The van der Waals surface area contributed by atoms with Crippen LogP contribution in [0.3, 0.4) is 0 Å². The van der Waals surface area contributed by atoms with Crippen LogP contribution in [0, 0.1) is 0 Å². The molecule has 0 atom stereocenters. The average molecular weight is 307 g/mol. The lowest BCUT2D eigenvalue weighted by molar-refractivity contribution is 0.0849. The lowest BCUT2D eigenvalue weighted by atomic mass is 10.1. The van der Waals surface area contributed by atoms with Gasteiger partial charge in [-0.1, -0.05) is 42.5 Å². The first-order valence-corrected chi connectivity index (χ1v) is 7.67. The molecule has 108 valence electrons. The average Bonchev–Trinajstić information content (AvgIpc) is 3.10. The Kier molecular flexibility index (Phi) is 4.12. The summed E-state index contributed by atoms with van der Waals surface area (Å²) < 4.78 is 0. The van der Waals surface area contributed by atoms with Gasteiger partial charge < -0.3 is 0 Å². The maximum absolute atomic E-state index is 12.4. The van der Waals surface area contributed by atoms with Crippen molar-refractivity contribution in [2.24, 2.45) is 0 Å². The zero-order valence-corrected chi connectivity index (χ0v) is 12.5. The van der Waals surface area contributed by atoms with Gasteiger partial charge >= 0.3 is 0 Å². The molecule has 3 rings (SSSR count). The summed E-state index contributed by atoms with van der Waals surface area (Å²) in [6.07, 6.45) is 0. The molecule has 1 heterocycles. The molecule has 3 aromatic rings. The number of amides is 2. The maximum Gasteiger partial charge on any atom is 0.258 e. The van der Waals surface area contributed by atoms with E-state index in [0.717, 1.165) is 10.4 Å². The lowest BCUT2D eigenvalue weighted by Gasteiger charge is -2.08. The zero-order chi connectivity index (χ0) is 15.4. The van der Waals surface area contributed by atoms with Crippen molar-refractivity contribution in [3.8, 4) is 10.4 Å². The van der Waals surface area contributed by atoms with Crippen LogP contribution < -0.4 is 5.32 Å². The van der Waals surface area contributed by atoms with Gasteiger partial charge in [-0.2, -0.15) is 0 Å². The predicted molar refractivity (Wildman–Crippen MR) is 88.0 cm³/mol. The van der Waals surface area contributed by atoms with Crippen molar-refractivity contribution in [3.05, 3.63) is 83.2 Å². The van der Waals surface area contributed by atoms with Gasteiger partial charge in [-0.3, -0.25) is 14.9 Å². The summed E-state index contributed by atoms with van der Waals surface area (Å²) in [5.74, 6) is -0.788. The van der Waals surface area contributed by atoms with Crippen molar-refractivity contribution in [1.82, 2.24) is 5.32 Å². The molecule has 0 unspecified atom stereocenters. The second-order valence-corrected chi connectivity index (χ2v) is 5.62. The first-order chi connectivity index (χ1) is 10.8. The lowest BCUT2D eigenvalue weighted by Crippen LogP contribution is -2.30. The number of hydrogen-bond acceptors (Lipinski definition) is 3. The van der Waals surface area contributed by atoms with Crippen molar-refractivity contribution < 1.29 is 9.59 Å². The van der Waals surface area contributed by atoms with Gasteiger partial charge in [0.1, 0.15) is 0 Å². The fourth-order valence-electron chi connectivity index (χ4n) is 2.16. The molecule has 0 bridgehead atoms. The van der Waals surface area contributed by atoms with E-state index < -0.39 is 11.8 Å².